The molecule has 1 atom stereocenters. The molecule has 3 heterocycles. The molecule has 227 valence electrons. The first kappa shape index (κ1) is 32.4. The molecule has 10 nitrogen and oxygen atoms in total. The molecule has 0 unspecified atom stereocenters. The highest BCUT2D eigenvalue weighted by Crippen LogP contribution is 2.46. The number of fused-ring (bicyclic) bond motifs is 1. The number of carbonyl (C=O) groups is 1. The monoisotopic (exact) mass is 600 g/mol. The summed E-state index contributed by atoms with van der Waals surface area (Å²) in [7, 11) is -0.562. The summed E-state index contributed by atoms with van der Waals surface area (Å²) >= 11 is 0. The van der Waals surface area contributed by atoms with Crippen LogP contribution in [0.4, 0.5) is 17.5 Å². The fourth-order valence-corrected chi connectivity index (χ4v) is 6.04. The van der Waals surface area contributed by atoms with Gasteiger partial charge in [0.15, 0.2) is 14.1 Å². The number of aryl methyl sites for hydroxylation is 2. The average Bonchev–Trinajstić information content (AvgIpc) is 3.41. The van der Waals surface area contributed by atoms with Crippen LogP contribution in [0.25, 0.3) is 11.3 Å². The van der Waals surface area contributed by atoms with Crippen LogP contribution in [-0.4, -0.2) is 65.5 Å². The first-order chi connectivity index (χ1) is 20.0. The minimum absolute atomic E-state index is 0.0488. The normalized spacial score (nSPS) is 17.0. The number of carbonyl (C=O) groups excluding carboxylic acids is 1. The maximum atomic E-state index is 11.6. The Balaban J connectivity index is 1.67. The van der Waals surface area contributed by atoms with Crippen molar-refractivity contribution in [3.05, 3.63) is 47.3 Å². The summed E-state index contributed by atoms with van der Waals surface area (Å²) in [6.45, 7) is 20.3. The summed E-state index contributed by atoms with van der Waals surface area (Å²) in [5, 5.41) is 28.1. The lowest BCUT2D eigenvalue weighted by Gasteiger charge is -2.39. The zero-order valence-electron chi connectivity index (χ0n) is 26.8. The molecule has 0 saturated heterocycles. The van der Waals surface area contributed by atoms with Gasteiger partial charge in [-0.15, -0.1) is 0 Å². The number of hydrogen-bond acceptors (Lipinski definition) is 9. The molecule has 2 N–H and O–H groups in total. The second-order valence-electron chi connectivity index (χ2n) is 13.9. The van der Waals surface area contributed by atoms with Crippen LogP contribution < -0.4 is 10.1 Å². The van der Waals surface area contributed by atoms with Crippen LogP contribution in [0.3, 0.4) is 0 Å². The number of hydrogen-bond donors (Lipinski definition) is 2. The smallest absolute Gasteiger partial charge is 0.329 e. The van der Waals surface area contributed by atoms with E-state index in [1.807, 2.05) is 34.6 Å². The van der Waals surface area contributed by atoms with Gasteiger partial charge in [-0.05, 0) is 69.1 Å². The SMILES string of the molecule is Cc1cc(Nc2nccc(-c3cc(C#N)c4c(c3)[C@@](C)(CO[Si](C)(C)C(C)(C)C)CN4[B]C=O)n2)nn1CCC(C)(C)O. The number of nitriles is 1. The van der Waals surface area contributed by atoms with Gasteiger partial charge in [-0.25, -0.2) is 9.97 Å². The molecule has 1 aliphatic heterocycles. The van der Waals surface area contributed by atoms with E-state index in [-0.39, 0.29) is 5.04 Å². The van der Waals surface area contributed by atoms with Crippen molar-refractivity contribution in [1.82, 2.24) is 19.7 Å². The summed E-state index contributed by atoms with van der Waals surface area (Å²) in [6.07, 6.45) is 3.01. The first-order valence-corrected chi connectivity index (χ1v) is 17.5. The molecular formula is C31H43BN7O3Si. The van der Waals surface area contributed by atoms with E-state index in [1.165, 1.54) is 7.41 Å². The molecule has 1 aliphatic rings. The van der Waals surface area contributed by atoms with Gasteiger partial charge in [0.1, 0.15) is 12.3 Å². The lowest BCUT2D eigenvalue weighted by atomic mass is 9.83. The molecule has 3 aromatic rings. The van der Waals surface area contributed by atoms with E-state index in [9.17, 15) is 15.2 Å². The first-order valence-electron chi connectivity index (χ1n) is 14.6. The van der Waals surface area contributed by atoms with Crippen molar-refractivity contribution in [3.63, 3.8) is 0 Å². The number of aliphatic hydroxyl groups is 1. The molecule has 43 heavy (non-hydrogen) atoms. The van der Waals surface area contributed by atoms with Gasteiger partial charge < -0.3 is 24.5 Å². The molecule has 1 aromatic carbocycles. The van der Waals surface area contributed by atoms with Crippen molar-refractivity contribution in [2.75, 3.05) is 23.3 Å². The standard InChI is InChI=1S/C31H43BN7O3Si/c1-21-14-26(37-39(21)13-11-30(5,6)41)36-28-34-12-10-25(35-28)22-15-23(17-33)27-24(16-22)31(7,18-38(27)32-20-40)19-42-43(8,9)29(2,3)4/h10,12,14-16,20,41H,11,13,18-19H2,1-9H3,(H,34,35,36,37)/t31-/m1/s1. The Labute approximate surface area is 256 Å². The lowest BCUT2D eigenvalue weighted by Crippen LogP contribution is -2.46. The molecule has 0 fully saturated rings. The minimum Gasteiger partial charge on any atom is -0.416 e. The molecule has 4 rings (SSSR count). The quantitative estimate of drug-likeness (QED) is 0.222. The Morgan fingerprint density at radius 2 is 1.98 bits per heavy atom. The predicted molar refractivity (Wildman–Crippen MR) is 174 cm³/mol. The zero-order valence-corrected chi connectivity index (χ0v) is 27.8. The van der Waals surface area contributed by atoms with Gasteiger partial charge in [-0.2, -0.15) is 10.4 Å². The molecule has 12 heteroatoms. The van der Waals surface area contributed by atoms with Crippen LogP contribution in [0, 0.1) is 18.3 Å². The number of nitrogens with one attached hydrogen (secondary N) is 1. The Morgan fingerprint density at radius 3 is 2.60 bits per heavy atom. The maximum absolute atomic E-state index is 11.6. The van der Waals surface area contributed by atoms with Crippen LogP contribution >= 0.6 is 0 Å². The molecule has 0 amide bonds. The largest absolute Gasteiger partial charge is 0.416 e. The van der Waals surface area contributed by atoms with Crippen molar-refractivity contribution in [2.24, 2.45) is 0 Å². The van der Waals surface area contributed by atoms with Crippen LogP contribution in [-0.2, 0) is 21.2 Å². The Kier molecular flexibility index (Phi) is 8.94. The highest BCUT2D eigenvalue weighted by atomic mass is 28.4. The minimum atomic E-state index is -2.05. The molecule has 0 aliphatic carbocycles. The van der Waals surface area contributed by atoms with E-state index in [0.29, 0.717) is 49.1 Å². The fourth-order valence-electron chi connectivity index (χ4n) is 4.93. The van der Waals surface area contributed by atoms with Crippen molar-refractivity contribution >= 4 is 39.4 Å². The highest BCUT2D eigenvalue weighted by molar-refractivity contribution is 6.74. The molecule has 0 spiro atoms. The van der Waals surface area contributed by atoms with Crippen LogP contribution in [0.1, 0.15) is 64.8 Å². The number of benzene rings is 1. The van der Waals surface area contributed by atoms with E-state index < -0.39 is 19.3 Å². The van der Waals surface area contributed by atoms with E-state index in [2.05, 4.69) is 68.3 Å². The lowest BCUT2D eigenvalue weighted by molar-refractivity contribution is 0.0649. The van der Waals surface area contributed by atoms with E-state index in [0.717, 1.165) is 28.7 Å². The van der Waals surface area contributed by atoms with Crippen molar-refractivity contribution in [3.8, 4) is 17.3 Å². The summed E-state index contributed by atoms with van der Waals surface area (Å²) in [5.74, 6) is 0.982. The second-order valence-corrected chi connectivity index (χ2v) is 18.7. The van der Waals surface area contributed by atoms with Crippen LogP contribution in [0.2, 0.25) is 18.1 Å². The summed E-state index contributed by atoms with van der Waals surface area (Å²) in [4.78, 5) is 22.6. The number of aromatic nitrogens is 4. The maximum Gasteiger partial charge on any atom is 0.329 e. The number of anilines is 3. The Hall–Kier alpha value is -3.53. The zero-order chi connectivity index (χ0) is 31.8. The molecular weight excluding hydrogens is 557 g/mol. The van der Waals surface area contributed by atoms with Gasteiger partial charge in [0.2, 0.25) is 5.95 Å². The van der Waals surface area contributed by atoms with Gasteiger partial charge in [-0.1, -0.05) is 27.7 Å². The highest BCUT2D eigenvalue weighted by Gasteiger charge is 2.44. The van der Waals surface area contributed by atoms with Gasteiger partial charge in [0, 0.05) is 54.3 Å². The van der Waals surface area contributed by atoms with Crippen molar-refractivity contribution in [1.29, 1.82) is 5.26 Å². The molecule has 0 saturated carbocycles. The topological polar surface area (TPSA) is 129 Å². The summed E-state index contributed by atoms with van der Waals surface area (Å²) < 4.78 is 8.53. The predicted octanol–water partition coefficient (Wildman–Crippen LogP) is 5.33. The van der Waals surface area contributed by atoms with E-state index in [4.69, 9.17) is 9.41 Å². The van der Waals surface area contributed by atoms with Crippen LogP contribution in [0.15, 0.2) is 30.5 Å². The fraction of sp³-hybridized carbons (Fsp3) is 0.516. The van der Waals surface area contributed by atoms with Gasteiger partial charge >= 0.3 is 7.41 Å². The number of rotatable bonds is 11. The third kappa shape index (κ3) is 7.17. The van der Waals surface area contributed by atoms with Crippen molar-refractivity contribution in [2.45, 2.75) is 90.6 Å². The van der Waals surface area contributed by atoms with Gasteiger partial charge in [-0.3, -0.25) is 4.68 Å². The number of nitrogens with zero attached hydrogens (tertiary/aromatic N) is 6. The molecule has 2 aromatic heterocycles. The average molecular weight is 601 g/mol. The van der Waals surface area contributed by atoms with E-state index >= 15 is 0 Å². The van der Waals surface area contributed by atoms with Crippen LogP contribution in [0.5, 0.6) is 0 Å². The third-order valence-electron chi connectivity index (χ3n) is 8.59. The molecule has 1 radical (unpaired) electrons. The van der Waals surface area contributed by atoms with E-state index in [1.54, 1.807) is 20.0 Å². The Bertz CT molecular complexity index is 1540. The Morgan fingerprint density at radius 1 is 1.26 bits per heavy atom. The summed E-state index contributed by atoms with van der Waals surface area (Å²) in [6, 6.07) is 9.95. The second kappa shape index (κ2) is 11.9. The van der Waals surface area contributed by atoms with Gasteiger partial charge in [0.05, 0.1) is 16.9 Å². The summed E-state index contributed by atoms with van der Waals surface area (Å²) in [5.41, 5.74) is 3.31. The third-order valence-corrected chi connectivity index (χ3v) is 13.1. The van der Waals surface area contributed by atoms with Crippen molar-refractivity contribution < 1.29 is 14.3 Å². The molecule has 0 bridgehead atoms. The van der Waals surface area contributed by atoms with Gasteiger partial charge in [0.25, 0.3) is 0 Å².